The Hall–Kier alpha value is -1.75. The number of rotatable bonds is 4. The summed E-state index contributed by atoms with van der Waals surface area (Å²) < 4.78 is 5.99. The first-order valence-corrected chi connectivity index (χ1v) is 9.12. The Balaban J connectivity index is 1.52. The van der Waals surface area contributed by atoms with E-state index in [0.29, 0.717) is 25.1 Å². The zero-order valence-corrected chi connectivity index (χ0v) is 14.4. The average Bonchev–Trinajstić information content (AvgIpc) is 3.08. The van der Waals surface area contributed by atoms with Crippen molar-refractivity contribution >= 4 is 11.7 Å². The number of hydrogen-bond acceptors (Lipinski definition) is 3. The Morgan fingerprint density at radius 1 is 1.25 bits per heavy atom. The van der Waals surface area contributed by atoms with Crippen LogP contribution in [0.1, 0.15) is 45.4 Å². The minimum atomic E-state index is -0.292. The number of piperidine rings is 1. The molecule has 1 aliphatic heterocycles. The molecule has 1 aromatic carbocycles. The van der Waals surface area contributed by atoms with Gasteiger partial charge in [0.1, 0.15) is 5.75 Å². The Labute approximate surface area is 144 Å². The number of carbonyl (C=O) groups excluding carboxylic acids is 1. The van der Waals surface area contributed by atoms with E-state index in [1.807, 2.05) is 36.1 Å². The monoisotopic (exact) mass is 332 g/mol. The summed E-state index contributed by atoms with van der Waals surface area (Å²) in [5.41, 5.74) is 0.771. The summed E-state index contributed by atoms with van der Waals surface area (Å²) in [6.07, 6.45) is 6.46. The van der Waals surface area contributed by atoms with E-state index in [0.717, 1.165) is 37.1 Å². The molecule has 1 heterocycles. The SMILES string of the molecule is CC(O)C1CCN(C(=O)Nc2cccc(OC3CCCC3)c2)CC1. The highest BCUT2D eigenvalue weighted by Gasteiger charge is 2.25. The van der Waals surface area contributed by atoms with E-state index in [4.69, 9.17) is 4.74 Å². The number of nitrogens with one attached hydrogen (secondary N) is 1. The molecule has 1 saturated heterocycles. The molecule has 2 amide bonds. The van der Waals surface area contributed by atoms with Crippen molar-refractivity contribution in [3.63, 3.8) is 0 Å². The zero-order valence-electron chi connectivity index (χ0n) is 14.4. The van der Waals surface area contributed by atoms with Crippen LogP contribution in [-0.2, 0) is 0 Å². The van der Waals surface area contributed by atoms with Crippen molar-refractivity contribution in [3.05, 3.63) is 24.3 Å². The second-order valence-corrected chi connectivity index (χ2v) is 7.05. The topological polar surface area (TPSA) is 61.8 Å². The molecule has 5 nitrogen and oxygen atoms in total. The number of ether oxygens (including phenoxy) is 1. The first-order chi connectivity index (χ1) is 11.6. The Bertz CT molecular complexity index is 547. The molecule has 0 spiro atoms. The largest absolute Gasteiger partial charge is 0.490 e. The van der Waals surface area contributed by atoms with Gasteiger partial charge in [0.25, 0.3) is 0 Å². The summed E-state index contributed by atoms with van der Waals surface area (Å²) in [5, 5.41) is 12.6. The predicted molar refractivity (Wildman–Crippen MR) is 94.3 cm³/mol. The maximum absolute atomic E-state index is 12.4. The highest BCUT2D eigenvalue weighted by atomic mass is 16.5. The van der Waals surface area contributed by atoms with Crippen molar-refractivity contribution < 1.29 is 14.6 Å². The van der Waals surface area contributed by atoms with Gasteiger partial charge in [0.2, 0.25) is 0 Å². The lowest BCUT2D eigenvalue weighted by atomic mass is 9.92. The van der Waals surface area contributed by atoms with E-state index in [9.17, 15) is 9.90 Å². The average molecular weight is 332 g/mol. The normalized spacial score (nSPS) is 20.8. The third-order valence-electron chi connectivity index (χ3n) is 5.20. The lowest BCUT2D eigenvalue weighted by Crippen LogP contribution is -2.42. The van der Waals surface area contributed by atoms with Crippen LogP contribution in [0.4, 0.5) is 10.5 Å². The summed E-state index contributed by atoms with van der Waals surface area (Å²) in [5.74, 6) is 1.13. The van der Waals surface area contributed by atoms with Gasteiger partial charge in [0, 0.05) is 24.8 Å². The van der Waals surface area contributed by atoms with Crippen LogP contribution in [0.15, 0.2) is 24.3 Å². The van der Waals surface area contributed by atoms with Gasteiger partial charge >= 0.3 is 6.03 Å². The van der Waals surface area contributed by atoms with E-state index in [-0.39, 0.29) is 12.1 Å². The number of benzene rings is 1. The number of carbonyl (C=O) groups is 1. The van der Waals surface area contributed by atoms with Gasteiger partial charge in [-0.2, -0.15) is 0 Å². The maximum atomic E-state index is 12.4. The Morgan fingerprint density at radius 3 is 2.62 bits per heavy atom. The van der Waals surface area contributed by atoms with Crippen molar-refractivity contribution in [1.82, 2.24) is 4.90 Å². The van der Waals surface area contributed by atoms with Gasteiger partial charge < -0.3 is 20.1 Å². The fraction of sp³-hybridized carbons (Fsp3) is 0.632. The first-order valence-electron chi connectivity index (χ1n) is 9.12. The lowest BCUT2D eigenvalue weighted by Gasteiger charge is -2.33. The molecule has 1 unspecified atom stereocenters. The van der Waals surface area contributed by atoms with E-state index >= 15 is 0 Å². The third-order valence-corrected chi connectivity index (χ3v) is 5.20. The van der Waals surface area contributed by atoms with Crippen LogP contribution in [0.2, 0.25) is 0 Å². The van der Waals surface area contributed by atoms with Crippen LogP contribution in [0.3, 0.4) is 0 Å². The van der Waals surface area contributed by atoms with Gasteiger partial charge in [0.15, 0.2) is 0 Å². The van der Waals surface area contributed by atoms with Crippen molar-refractivity contribution in [2.45, 2.75) is 57.7 Å². The molecular formula is C19H28N2O3. The number of hydrogen-bond donors (Lipinski definition) is 2. The van der Waals surface area contributed by atoms with Crippen LogP contribution >= 0.6 is 0 Å². The molecule has 0 radical (unpaired) electrons. The van der Waals surface area contributed by atoms with Crippen LogP contribution in [-0.4, -0.2) is 41.3 Å². The highest BCUT2D eigenvalue weighted by Crippen LogP contribution is 2.26. The Morgan fingerprint density at radius 2 is 1.96 bits per heavy atom. The number of likely N-dealkylation sites (tertiary alicyclic amines) is 1. The molecule has 3 rings (SSSR count). The molecule has 2 N–H and O–H groups in total. The van der Waals surface area contributed by atoms with Gasteiger partial charge in [-0.25, -0.2) is 4.79 Å². The van der Waals surface area contributed by atoms with E-state index in [2.05, 4.69) is 5.32 Å². The Kier molecular flexibility index (Phi) is 5.61. The molecule has 0 aromatic heterocycles. The summed E-state index contributed by atoms with van der Waals surface area (Å²) in [4.78, 5) is 14.2. The number of nitrogens with zero attached hydrogens (tertiary/aromatic N) is 1. The van der Waals surface area contributed by atoms with Crippen molar-refractivity contribution in [2.24, 2.45) is 5.92 Å². The third kappa shape index (κ3) is 4.41. The van der Waals surface area contributed by atoms with Gasteiger partial charge in [-0.3, -0.25) is 0 Å². The molecule has 5 heteroatoms. The highest BCUT2D eigenvalue weighted by molar-refractivity contribution is 5.89. The summed E-state index contributed by atoms with van der Waals surface area (Å²) >= 11 is 0. The quantitative estimate of drug-likeness (QED) is 0.885. The fourth-order valence-corrected chi connectivity index (χ4v) is 3.63. The predicted octanol–water partition coefficient (Wildman–Crippen LogP) is 3.63. The zero-order chi connectivity index (χ0) is 16.9. The van der Waals surface area contributed by atoms with Crippen LogP contribution in [0, 0.1) is 5.92 Å². The molecule has 0 bridgehead atoms. The lowest BCUT2D eigenvalue weighted by molar-refractivity contribution is 0.0820. The first kappa shape index (κ1) is 17.1. The second-order valence-electron chi connectivity index (χ2n) is 7.05. The smallest absolute Gasteiger partial charge is 0.321 e. The van der Waals surface area contributed by atoms with E-state index in [1.165, 1.54) is 12.8 Å². The summed E-state index contributed by atoms with van der Waals surface area (Å²) in [6, 6.07) is 7.58. The maximum Gasteiger partial charge on any atom is 0.321 e. The van der Waals surface area contributed by atoms with E-state index in [1.54, 1.807) is 0 Å². The molecule has 24 heavy (non-hydrogen) atoms. The minimum Gasteiger partial charge on any atom is -0.490 e. The number of aliphatic hydroxyl groups is 1. The van der Waals surface area contributed by atoms with Crippen LogP contribution < -0.4 is 10.1 Å². The molecular weight excluding hydrogens is 304 g/mol. The van der Waals surface area contributed by atoms with Gasteiger partial charge in [0.05, 0.1) is 12.2 Å². The molecule has 1 atom stereocenters. The molecule has 1 aliphatic carbocycles. The molecule has 1 aromatic rings. The summed E-state index contributed by atoms with van der Waals surface area (Å²) in [6.45, 7) is 3.22. The van der Waals surface area contributed by atoms with Gasteiger partial charge in [-0.05, 0) is 63.5 Å². The van der Waals surface area contributed by atoms with Crippen molar-refractivity contribution in [1.29, 1.82) is 0 Å². The number of urea groups is 1. The van der Waals surface area contributed by atoms with Gasteiger partial charge in [-0.1, -0.05) is 6.07 Å². The number of aliphatic hydroxyl groups excluding tert-OH is 1. The van der Waals surface area contributed by atoms with E-state index < -0.39 is 0 Å². The molecule has 1 saturated carbocycles. The minimum absolute atomic E-state index is 0.0722. The van der Waals surface area contributed by atoms with Crippen molar-refractivity contribution in [2.75, 3.05) is 18.4 Å². The number of amides is 2. The molecule has 2 aliphatic rings. The standard InChI is InChI=1S/C19H28N2O3/c1-14(22)15-9-11-21(12-10-15)19(23)20-16-5-4-8-18(13-16)24-17-6-2-3-7-17/h4-5,8,13-15,17,22H,2-3,6-7,9-12H2,1H3,(H,20,23). The van der Waals surface area contributed by atoms with Gasteiger partial charge in [-0.15, -0.1) is 0 Å². The van der Waals surface area contributed by atoms with Crippen molar-refractivity contribution in [3.8, 4) is 5.75 Å². The molecule has 132 valence electrons. The molecule has 2 fully saturated rings. The second kappa shape index (κ2) is 7.88. The summed E-state index contributed by atoms with van der Waals surface area (Å²) in [7, 11) is 0. The fourth-order valence-electron chi connectivity index (χ4n) is 3.63. The number of anilines is 1. The van der Waals surface area contributed by atoms with Crippen LogP contribution in [0.25, 0.3) is 0 Å². The van der Waals surface area contributed by atoms with Crippen LogP contribution in [0.5, 0.6) is 5.75 Å².